The molecule has 0 aliphatic heterocycles. The Labute approximate surface area is 57.4 Å². The van der Waals surface area contributed by atoms with Crippen LogP contribution >= 0.6 is 11.3 Å². The van der Waals surface area contributed by atoms with Crippen molar-refractivity contribution in [2.45, 2.75) is 13.2 Å². The van der Waals surface area contributed by atoms with Crippen LogP contribution in [-0.2, 0) is 13.2 Å². The Kier molecular flexibility index (Phi) is 2.22. The molecule has 1 heterocycles. The minimum absolute atomic E-state index is 0.0741. The van der Waals surface area contributed by atoms with E-state index in [0.717, 1.165) is 9.75 Å². The zero-order chi connectivity index (χ0) is 6.69. The lowest BCUT2D eigenvalue weighted by atomic mass is 10.4. The highest BCUT2D eigenvalue weighted by Gasteiger charge is 1.94. The third kappa shape index (κ3) is 1.51. The molecule has 1 aromatic rings. The highest BCUT2D eigenvalue weighted by Crippen LogP contribution is 2.15. The number of aliphatic hydroxyl groups excluding tert-OH is 2. The maximum Gasteiger partial charge on any atom is 0.0774 e. The van der Waals surface area contributed by atoms with E-state index in [1.807, 2.05) is 12.1 Å². The zero-order valence-corrected chi connectivity index (χ0v) is 5.69. The molecule has 2 N–H and O–H groups in total. The van der Waals surface area contributed by atoms with Crippen LogP contribution in [0.25, 0.3) is 0 Å². The molecule has 0 saturated heterocycles. The van der Waals surface area contributed by atoms with Crippen molar-refractivity contribution in [1.82, 2.24) is 0 Å². The van der Waals surface area contributed by atoms with Crippen LogP contribution in [0.5, 0.6) is 0 Å². The molecule has 0 radical (unpaired) electrons. The fraction of sp³-hybridized carbons (Fsp3) is 0.333. The summed E-state index contributed by atoms with van der Waals surface area (Å²) in [4.78, 5) is 1.80. The van der Waals surface area contributed by atoms with Crippen molar-refractivity contribution in [2.75, 3.05) is 0 Å². The van der Waals surface area contributed by atoms with E-state index in [2.05, 4.69) is 0 Å². The van der Waals surface area contributed by atoms with Gasteiger partial charge in [-0.1, -0.05) is 0 Å². The summed E-state index contributed by atoms with van der Waals surface area (Å²) >= 11 is 1.43. The highest BCUT2D eigenvalue weighted by atomic mass is 32.1. The van der Waals surface area contributed by atoms with E-state index in [0.29, 0.717) is 0 Å². The summed E-state index contributed by atoms with van der Waals surface area (Å²) in [5, 5.41) is 17.2. The second-order valence-electron chi connectivity index (χ2n) is 1.68. The van der Waals surface area contributed by atoms with Gasteiger partial charge in [-0.05, 0) is 12.1 Å². The molecule has 2 nitrogen and oxygen atoms in total. The Morgan fingerprint density at radius 1 is 1.11 bits per heavy atom. The molecule has 0 unspecified atom stereocenters. The highest BCUT2D eigenvalue weighted by molar-refractivity contribution is 7.11. The van der Waals surface area contributed by atoms with Crippen molar-refractivity contribution in [2.24, 2.45) is 0 Å². The van der Waals surface area contributed by atoms with Gasteiger partial charge in [0.05, 0.1) is 13.2 Å². The molecular formula is C6H8O2S. The molecule has 9 heavy (non-hydrogen) atoms. The van der Waals surface area contributed by atoms with Crippen molar-refractivity contribution in [1.29, 1.82) is 0 Å². The van der Waals surface area contributed by atoms with Crippen LogP contribution < -0.4 is 0 Å². The lowest BCUT2D eigenvalue weighted by Crippen LogP contribution is -1.72. The predicted molar refractivity (Wildman–Crippen MR) is 36.2 cm³/mol. The van der Waals surface area contributed by atoms with E-state index >= 15 is 0 Å². The number of aliphatic hydroxyl groups is 2. The predicted octanol–water partition coefficient (Wildman–Crippen LogP) is 0.733. The molecule has 0 atom stereocenters. The lowest BCUT2D eigenvalue weighted by molar-refractivity contribution is 0.285. The van der Waals surface area contributed by atoms with E-state index < -0.39 is 0 Å². The van der Waals surface area contributed by atoms with Crippen LogP contribution in [-0.4, -0.2) is 10.2 Å². The van der Waals surface area contributed by atoms with E-state index in [1.165, 1.54) is 11.3 Å². The first-order valence-electron chi connectivity index (χ1n) is 2.66. The molecule has 1 rings (SSSR count). The van der Waals surface area contributed by atoms with Crippen molar-refractivity contribution in [3.8, 4) is 0 Å². The third-order valence-electron chi connectivity index (χ3n) is 1.03. The van der Waals surface area contributed by atoms with Gasteiger partial charge in [-0.25, -0.2) is 0 Å². The molecule has 0 aliphatic carbocycles. The Hall–Kier alpha value is -0.380. The van der Waals surface area contributed by atoms with E-state index in [1.54, 1.807) is 0 Å². The van der Waals surface area contributed by atoms with Gasteiger partial charge in [0.25, 0.3) is 0 Å². The topological polar surface area (TPSA) is 40.5 Å². The lowest BCUT2D eigenvalue weighted by Gasteiger charge is -1.83. The van der Waals surface area contributed by atoms with Crippen LogP contribution in [0.1, 0.15) is 9.75 Å². The van der Waals surface area contributed by atoms with E-state index in [-0.39, 0.29) is 13.2 Å². The first-order valence-corrected chi connectivity index (χ1v) is 3.47. The number of hydrogen-bond acceptors (Lipinski definition) is 3. The van der Waals surface area contributed by atoms with Crippen LogP contribution in [0.2, 0.25) is 0 Å². The molecule has 0 spiro atoms. The number of thiophene rings is 1. The Balaban J connectivity index is 2.74. The minimum atomic E-state index is 0.0741. The molecule has 0 bridgehead atoms. The van der Waals surface area contributed by atoms with Crippen molar-refractivity contribution in [3.05, 3.63) is 21.9 Å². The molecule has 3 heteroatoms. The normalized spacial score (nSPS) is 10.0. The van der Waals surface area contributed by atoms with E-state index in [4.69, 9.17) is 10.2 Å². The number of hydrogen-bond donors (Lipinski definition) is 2. The standard InChI is InChI=1S/C6H8O2S/c7-3-5-1-2-6(4-8)9-5/h1-2,7-8H,3-4H2. The SMILES string of the molecule is OCc1ccc(CO)s1. The number of rotatable bonds is 2. The summed E-state index contributed by atoms with van der Waals surface area (Å²) in [5.41, 5.74) is 0. The summed E-state index contributed by atoms with van der Waals surface area (Å²) in [5.74, 6) is 0. The zero-order valence-electron chi connectivity index (χ0n) is 4.87. The van der Waals surface area contributed by atoms with Gasteiger partial charge in [-0.2, -0.15) is 0 Å². The average Bonchev–Trinajstić information content (AvgIpc) is 2.34. The molecule has 0 aliphatic rings. The second kappa shape index (κ2) is 2.96. The summed E-state index contributed by atoms with van der Waals surface area (Å²) in [6.45, 7) is 0.148. The van der Waals surface area contributed by atoms with Crippen molar-refractivity contribution in [3.63, 3.8) is 0 Å². The van der Waals surface area contributed by atoms with Gasteiger partial charge >= 0.3 is 0 Å². The largest absolute Gasteiger partial charge is 0.391 e. The maximum absolute atomic E-state index is 8.58. The monoisotopic (exact) mass is 144 g/mol. The van der Waals surface area contributed by atoms with E-state index in [9.17, 15) is 0 Å². The smallest absolute Gasteiger partial charge is 0.0774 e. The van der Waals surface area contributed by atoms with Gasteiger partial charge in [0.2, 0.25) is 0 Å². The quantitative estimate of drug-likeness (QED) is 0.642. The molecule has 0 saturated carbocycles. The maximum atomic E-state index is 8.58. The fourth-order valence-electron chi connectivity index (χ4n) is 0.592. The first-order chi connectivity index (χ1) is 4.36. The fourth-order valence-corrected chi connectivity index (χ4v) is 1.33. The first kappa shape index (κ1) is 6.74. The van der Waals surface area contributed by atoms with Crippen LogP contribution in [0, 0.1) is 0 Å². The summed E-state index contributed by atoms with van der Waals surface area (Å²) in [7, 11) is 0. The van der Waals surface area contributed by atoms with Crippen LogP contribution in [0.4, 0.5) is 0 Å². The van der Waals surface area contributed by atoms with Crippen molar-refractivity contribution >= 4 is 11.3 Å². The van der Waals surface area contributed by atoms with Gasteiger partial charge in [0.1, 0.15) is 0 Å². The molecule has 0 fully saturated rings. The van der Waals surface area contributed by atoms with Gasteiger partial charge < -0.3 is 10.2 Å². The van der Waals surface area contributed by atoms with Gasteiger partial charge in [-0.3, -0.25) is 0 Å². The second-order valence-corrected chi connectivity index (χ2v) is 2.94. The molecule has 50 valence electrons. The summed E-state index contributed by atoms with van der Waals surface area (Å²) in [6, 6.07) is 3.63. The third-order valence-corrected chi connectivity index (χ3v) is 2.08. The van der Waals surface area contributed by atoms with Gasteiger partial charge in [0.15, 0.2) is 0 Å². The van der Waals surface area contributed by atoms with Gasteiger partial charge in [0, 0.05) is 9.75 Å². The van der Waals surface area contributed by atoms with Crippen LogP contribution in [0.15, 0.2) is 12.1 Å². The Morgan fingerprint density at radius 2 is 1.56 bits per heavy atom. The van der Waals surface area contributed by atoms with Gasteiger partial charge in [-0.15, -0.1) is 11.3 Å². The molecule has 0 aromatic carbocycles. The van der Waals surface area contributed by atoms with Crippen LogP contribution in [0.3, 0.4) is 0 Å². The Bertz CT molecular complexity index is 164. The molecule has 1 aromatic heterocycles. The summed E-state index contributed by atoms with van der Waals surface area (Å²) < 4.78 is 0. The molecule has 0 amide bonds. The Morgan fingerprint density at radius 3 is 1.78 bits per heavy atom. The van der Waals surface area contributed by atoms with Crippen molar-refractivity contribution < 1.29 is 10.2 Å². The summed E-state index contributed by atoms with van der Waals surface area (Å²) in [6.07, 6.45) is 0. The minimum Gasteiger partial charge on any atom is -0.391 e. The molecular weight excluding hydrogens is 136 g/mol. The average molecular weight is 144 g/mol.